The topological polar surface area (TPSA) is 188 Å². The highest BCUT2D eigenvalue weighted by molar-refractivity contribution is 5.88. The number of carbonyl (C=O) groups excluding carboxylic acids is 1. The second-order valence-electron chi connectivity index (χ2n) is 4.84. The minimum absolute atomic E-state index is 0.746. The van der Waals surface area contributed by atoms with Gasteiger partial charge in [0.1, 0.15) is 48.8 Å². The third-order valence-corrected chi connectivity index (χ3v) is 3.37. The molecule has 1 fully saturated rings. The highest BCUT2D eigenvalue weighted by atomic mass is 16.6. The quantitative estimate of drug-likeness (QED) is 0.235. The van der Waals surface area contributed by atoms with Crippen LogP contribution in [-0.4, -0.2) is 109 Å². The van der Waals surface area contributed by atoms with Gasteiger partial charge in [0.25, 0.3) is 0 Å². The number of hydrogen-bond donors (Lipinski definition) is 8. The predicted octanol–water partition coefficient (Wildman–Crippen LogP) is -5.53. The average Bonchev–Trinajstić information content (AvgIpc) is 2.50. The van der Waals surface area contributed by atoms with Crippen LogP contribution in [-0.2, 0) is 9.53 Å². The molecule has 0 bridgehead atoms. The van der Waals surface area contributed by atoms with Crippen molar-refractivity contribution in [1.82, 2.24) is 0 Å². The zero-order valence-corrected chi connectivity index (χ0v) is 10.9. The Morgan fingerprint density at radius 3 is 2.05 bits per heavy atom. The van der Waals surface area contributed by atoms with E-state index in [0.29, 0.717) is 0 Å². The Labute approximate surface area is 119 Å². The van der Waals surface area contributed by atoms with Crippen LogP contribution in [0.25, 0.3) is 0 Å². The summed E-state index contributed by atoms with van der Waals surface area (Å²) in [4.78, 5) is 11.7. The van der Waals surface area contributed by atoms with Crippen molar-refractivity contribution >= 4 is 5.78 Å². The summed E-state index contributed by atoms with van der Waals surface area (Å²) >= 11 is 0. The van der Waals surface area contributed by atoms with Crippen molar-refractivity contribution in [2.24, 2.45) is 0 Å². The molecule has 2 unspecified atom stereocenters. The second-order valence-corrected chi connectivity index (χ2v) is 4.84. The van der Waals surface area contributed by atoms with Gasteiger partial charge in [-0.3, -0.25) is 4.79 Å². The number of Topliss-reactive ketones (excluding diaryl/α,β-unsaturated/α-hetero) is 1. The third-order valence-electron chi connectivity index (χ3n) is 3.37. The molecule has 0 aromatic rings. The van der Waals surface area contributed by atoms with Crippen molar-refractivity contribution in [2.75, 3.05) is 13.2 Å². The van der Waals surface area contributed by atoms with Gasteiger partial charge in [-0.1, -0.05) is 0 Å². The number of hydrogen-bond acceptors (Lipinski definition) is 10. The molecule has 0 radical (unpaired) electrons. The molecule has 0 aromatic heterocycles. The number of rotatable bonds is 6. The van der Waals surface area contributed by atoms with Crippen LogP contribution in [0.4, 0.5) is 0 Å². The summed E-state index contributed by atoms with van der Waals surface area (Å²) < 4.78 is 4.94. The molecule has 1 rings (SSSR count). The molecule has 8 N–H and O–H groups in total. The molecule has 0 amide bonds. The van der Waals surface area contributed by atoms with E-state index in [-0.39, 0.29) is 0 Å². The van der Waals surface area contributed by atoms with Crippen molar-refractivity contribution in [3.8, 4) is 0 Å². The fourth-order valence-corrected chi connectivity index (χ4v) is 2.02. The predicted molar refractivity (Wildman–Crippen MR) is 63.9 cm³/mol. The molecule has 0 aliphatic carbocycles. The van der Waals surface area contributed by atoms with E-state index in [1.54, 1.807) is 0 Å². The van der Waals surface area contributed by atoms with Crippen molar-refractivity contribution < 1.29 is 50.4 Å². The van der Waals surface area contributed by atoms with Crippen molar-refractivity contribution in [3.05, 3.63) is 0 Å². The van der Waals surface area contributed by atoms with Gasteiger partial charge in [0.05, 0.1) is 13.2 Å². The summed E-state index contributed by atoms with van der Waals surface area (Å²) in [6.07, 6.45) is -14.5. The van der Waals surface area contributed by atoms with Crippen molar-refractivity contribution in [1.29, 1.82) is 0 Å². The Bertz CT molecular complexity index is 348. The van der Waals surface area contributed by atoms with Crippen LogP contribution in [0.1, 0.15) is 0 Å². The van der Waals surface area contributed by atoms with Crippen molar-refractivity contribution in [2.45, 2.75) is 48.8 Å². The molecular weight excluding hydrogens is 292 g/mol. The standard InChI is InChI=1S/C11H20O10/c12-1-3(14)5(15)7(17)9(19)11-10(20)8(18)6(16)4(2-13)21-11/h3-6,8-16,18-20H,1-2H2/t3-,4-,5+,6-,8+,9?,10-,11?/m1/s1. The van der Waals surface area contributed by atoms with Gasteiger partial charge in [-0.2, -0.15) is 0 Å². The van der Waals surface area contributed by atoms with Crippen LogP contribution in [0, 0.1) is 0 Å². The Hall–Kier alpha value is -0.690. The normalized spacial score (nSPS) is 37.8. The number of ketones is 1. The van der Waals surface area contributed by atoms with Gasteiger partial charge in [-0.15, -0.1) is 0 Å². The molecular formula is C11H20O10. The molecule has 0 aromatic carbocycles. The largest absolute Gasteiger partial charge is 0.394 e. The van der Waals surface area contributed by atoms with Gasteiger partial charge in [0, 0.05) is 0 Å². The van der Waals surface area contributed by atoms with Gasteiger partial charge in [-0.05, 0) is 0 Å². The number of aliphatic hydroxyl groups is 8. The highest BCUT2D eigenvalue weighted by Crippen LogP contribution is 2.24. The third kappa shape index (κ3) is 3.74. The molecule has 0 saturated carbocycles. The molecule has 1 aliphatic heterocycles. The van der Waals surface area contributed by atoms with Gasteiger partial charge in [0.2, 0.25) is 0 Å². The molecule has 0 spiro atoms. The van der Waals surface area contributed by atoms with Gasteiger partial charge >= 0.3 is 0 Å². The Balaban J connectivity index is 2.85. The Kier molecular flexibility index (Phi) is 6.59. The first-order chi connectivity index (χ1) is 9.76. The maximum absolute atomic E-state index is 11.7. The molecule has 124 valence electrons. The Morgan fingerprint density at radius 2 is 1.57 bits per heavy atom. The number of carbonyl (C=O) groups is 1. The molecule has 21 heavy (non-hydrogen) atoms. The first-order valence-corrected chi connectivity index (χ1v) is 6.25. The lowest BCUT2D eigenvalue weighted by molar-refractivity contribution is -0.248. The fourth-order valence-electron chi connectivity index (χ4n) is 2.02. The molecule has 10 nitrogen and oxygen atoms in total. The van der Waals surface area contributed by atoms with Crippen molar-refractivity contribution in [3.63, 3.8) is 0 Å². The second kappa shape index (κ2) is 7.54. The summed E-state index contributed by atoms with van der Waals surface area (Å²) in [5.41, 5.74) is 0. The van der Waals surface area contributed by atoms with E-state index < -0.39 is 67.8 Å². The summed E-state index contributed by atoms with van der Waals surface area (Å²) in [6.45, 7) is -1.68. The lowest BCUT2D eigenvalue weighted by Crippen LogP contribution is -2.63. The van der Waals surface area contributed by atoms with E-state index in [4.69, 9.17) is 20.1 Å². The molecule has 1 saturated heterocycles. The van der Waals surface area contributed by atoms with Crippen LogP contribution in [0.3, 0.4) is 0 Å². The van der Waals surface area contributed by atoms with E-state index in [1.165, 1.54) is 0 Å². The van der Waals surface area contributed by atoms with Crippen LogP contribution in [0.15, 0.2) is 0 Å². The van der Waals surface area contributed by atoms with Crippen LogP contribution >= 0.6 is 0 Å². The zero-order chi connectivity index (χ0) is 16.3. The lowest BCUT2D eigenvalue weighted by atomic mass is 9.89. The van der Waals surface area contributed by atoms with Gasteiger partial charge in [-0.25, -0.2) is 0 Å². The van der Waals surface area contributed by atoms with Crippen LogP contribution in [0.5, 0.6) is 0 Å². The minimum atomic E-state index is -2.15. The summed E-state index contributed by atoms with van der Waals surface area (Å²) in [5, 5.41) is 74.7. The summed E-state index contributed by atoms with van der Waals surface area (Å²) in [6, 6.07) is 0. The first kappa shape index (κ1) is 18.4. The lowest BCUT2D eigenvalue weighted by Gasteiger charge is -2.41. The fraction of sp³-hybridized carbons (Fsp3) is 0.909. The average molecular weight is 312 g/mol. The van der Waals surface area contributed by atoms with E-state index in [1.807, 2.05) is 0 Å². The smallest absolute Gasteiger partial charge is 0.195 e. The first-order valence-electron chi connectivity index (χ1n) is 6.25. The SMILES string of the molecule is O=C(C(O)C1O[C@H](CO)[C@@H](O)[C@H](O)[C@H]1O)[C@@H](O)[C@H](O)CO. The molecule has 1 heterocycles. The summed E-state index contributed by atoms with van der Waals surface area (Å²) in [7, 11) is 0. The molecule has 8 atom stereocenters. The maximum Gasteiger partial charge on any atom is 0.195 e. The van der Waals surface area contributed by atoms with Crippen LogP contribution in [0.2, 0.25) is 0 Å². The number of aliphatic hydroxyl groups excluding tert-OH is 8. The van der Waals surface area contributed by atoms with E-state index >= 15 is 0 Å². The van der Waals surface area contributed by atoms with Gasteiger partial charge in [0.15, 0.2) is 5.78 Å². The maximum atomic E-state index is 11.7. The monoisotopic (exact) mass is 312 g/mol. The zero-order valence-electron chi connectivity index (χ0n) is 10.9. The van der Waals surface area contributed by atoms with E-state index in [9.17, 15) is 30.3 Å². The highest BCUT2D eigenvalue weighted by Gasteiger charge is 2.48. The Morgan fingerprint density at radius 1 is 1.00 bits per heavy atom. The molecule has 10 heteroatoms. The summed E-state index contributed by atoms with van der Waals surface area (Å²) in [5.74, 6) is -1.35. The van der Waals surface area contributed by atoms with E-state index in [0.717, 1.165) is 0 Å². The van der Waals surface area contributed by atoms with Gasteiger partial charge < -0.3 is 45.6 Å². The van der Waals surface area contributed by atoms with E-state index in [2.05, 4.69) is 0 Å². The van der Waals surface area contributed by atoms with Crippen LogP contribution < -0.4 is 0 Å². The molecule has 1 aliphatic rings. The number of ether oxygens (including phenoxy) is 1. The minimum Gasteiger partial charge on any atom is -0.394 e.